The highest BCUT2D eigenvalue weighted by atomic mass is 32.1. The van der Waals surface area contributed by atoms with Crippen LogP contribution < -0.4 is 5.56 Å². The van der Waals surface area contributed by atoms with Gasteiger partial charge in [0.1, 0.15) is 23.0 Å². The number of nitrogens with zero attached hydrogens (tertiary/aromatic N) is 3. The Morgan fingerprint density at radius 3 is 2.95 bits per heavy atom. The van der Waals surface area contributed by atoms with Gasteiger partial charge in [-0.25, -0.2) is 4.98 Å². The molecule has 0 atom stereocenters. The molecule has 21 heavy (non-hydrogen) atoms. The summed E-state index contributed by atoms with van der Waals surface area (Å²) in [5.41, 5.74) is 0.553. The van der Waals surface area contributed by atoms with Crippen molar-refractivity contribution >= 4 is 21.6 Å². The third-order valence-electron chi connectivity index (χ3n) is 3.26. The summed E-state index contributed by atoms with van der Waals surface area (Å²) in [6.07, 6.45) is 1.57. The number of hydrogen-bond donors (Lipinski definition) is 0. The predicted molar refractivity (Wildman–Crippen MR) is 81.3 cm³/mol. The van der Waals surface area contributed by atoms with Crippen LogP contribution in [-0.2, 0) is 6.54 Å². The Morgan fingerprint density at radius 1 is 1.52 bits per heavy atom. The van der Waals surface area contributed by atoms with Gasteiger partial charge in [-0.3, -0.25) is 9.36 Å². The molecule has 0 N–H and O–H groups in total. The van der Waals surface area contributed by atoms with Crippen LogP contribution >= 0.6 is 11.3 Å². The molecule has 3 heterocycles. The number of fused-ring (bicyclic) bond motifs is 1. The van der Waals surface area contributed by atoms with Crippen molar-refractivity contribution in [3.05, 3.63) is 40.0 Å². The first kappa shape index (κ1) is 13.6. The molecule has 0 amide bonds. The summed E-state index contributed by atoms with van der Waals surface area (Å²) in [6.45, 7) is 3.92. The zero-order valence-corrected chi connectivity index (χ0v) is 12.5. The van der Waals surface area contributed by atoms with Gasteiger partial charge in [0, 0.05) is 16.9 Å². The highest BCUT2D eigenvalue weighted by molar-refractivity contribution is 7.17. The smallest absolute Gasteiger partial charge is 0.263 e. The van der Waals surface area contributed by atoms with Crippen LogP contribution in [0.5, 0.6) is 0 Å². The van der Waals surface area contributed by atoms with Gasteiger partial charge in [-0.2, -0.15) is 5.26 Å². The number of nitriles is 1. The number of hydrogen-bond acceptors (Lipinski definition) is 5. The summed E-state index contributed by atoms with van der Waals surface area (Å²) in [5, 5.41) is 11.4. The fourth-order valence-electron chi connectivity index (χ4n) is 2.32. The van der Waals surface area contributed by atoms with Gasteiger partial charge in [0.15, 0.2) is 0 Å². The summed E-state index contributed by atoms with van der Waals surface area (Å²) in [4.78, 5) is 18.0. The molecule has 0 fully saturated rings. The first-order valence-corrected chi connectivity index (χ1v) is 7.44. The van der Waals surface area contributed by atoms with Crippen LogP contribution in [-0.4, -0.2) is 9.55 Å². The van der Waals surface area contributed by atoms with Crippen molar-refractivity contribution in [2.75, 3.05) is 0 Å². The van der Waals surface area contributed by atoms with E-state index in [1.165, 1.54) is 15.9 Å². The third kappa shape index (κ3) is 2.16. The Kier molecular flexibility index (Phi) is 3.35. The van der Waals surface area contributed by atoms with Gasteiger partial charge in [0.2, 0.25) is 0 Å². The number of rotatable bonds is 3. The molecule has 0 spiro atoms. The molecule has 3 aromatic rings. The number of aromatic nitrogens is 2. The molecule has 3 rings (SSSR count). The quantitative estimate of drug-likeness (QED) is 0.743. The van der Waals surface area contributed by atoms with Gasteiger partial charge in [-0.05, 0) is 12.1 Å². The Hall–Kier alpha value is -2.39. The number of furan rings is 1. The van der Waals surface area contributed by atoms with E-state index in [0.717, 1.165) is 5.56 Å². The van der Waals surface area contributed by atoms with E-state index in [1.54, 1.807) is 12.3 Å². The second-order valence-electron chi connectivity index (χ2n) is 4.98. The molecule has 0 aliphatic rings. The predicted octanol–water partition coefficient (Wildman–Crippen LogP) is 3.36. The molecule has 0 aliphatic carbocycles. The van der Waals surface area contributed by atoms with Crippen molar-refractivity contribution in [3.63, 3.8) is 0 Å². The lowest BCUT2D eigenvalue weighted by molar-refractivity contribution is 0.583. The average Bonchev–Trinajstić information content (AvgIpc) is 3.09. The van der Waals surface area contributed by atoms with Gasteiger partial charge < -0.3 is 4.42 Å². The minimum absolute atomic E-state index is 0.00271. The zero-order chi connectivity index (χ0) is 15.0. The Labute approximate surface area is 125 Å². The van der Waals surface area contributed by atoms with E-state index in [4.69, 9.17) is 9.68 Å². The van der Waals surface area contributed by atoms with Crippen LogP contribution in [0.3, 0.4) is 0 Å². The fourth-order valence-corrected chi connectivity index (χ4v) is 3.24. The van der Waals surface area contributed by atoms with Crippen LogP contribution in [0.2, 0.25) is 0 Å². The summed E-state index contributed by atoms with van der Waals surface area (Å²) >= 11 is 1.42. The minimum atomic E-state index is -0.182. The molecule has 106 valence electrons. The molecule has 0 aromatic carbocycles. The third-order valence-corrected chi connectivity index (χ3v) is 4.13. The van der Waals surface area contributed by atoms with Crippen LogP contribution in [0, 0.1) is 11.3 Å². The first-order chi connectivity index (χ1) is 10.1. The lowest BCUT2D eigenvalue weighted by Gasteiger charge is -2.12. The summed E-state index contributed by atoms with van der Waals surface area (Å²) in [5.74, 6) is 1.35. The van der Waals surface area contributed by atoms with E-state index >= 15 is 0 Å². The highest BCUT2D eigenvalue weighted by Gasteiger charge is 2.19. The summed E-state index contributed by atoms with van der Waals surface area (Å²) in [6, 6.07) is 5.63. The van der Waals surface area contributed by atoms with Crippen molar-refractivity contribution in [1.82, 2.24) is 9.55 Å². The molecule has 0 radical (unpaired) electrons. The maximum absolute atomic E-state index is 12.8. The van der Waals surface area contributed by atoms with Crippen LogP contribution in [0.4, 0.5) is 0 Å². The molecule has 6 heteroatoms. The highest BCUT2D eigenvalue weighted by Crippen LogP contribution is 2.31. The topological polar surface area (TPSA) is 71.8 Å². The normalized spacial score (nSPS) is 11.1. The second kappa shape index (κ2) is 5.19. The number of thiophene rings is 1. The van der Waals surface area contributed by atoms with Gasteiger partial charge in [-0.15, -0.1) is 11.3 Å². The molecule has 0 aliphatic heterocycles. The van der Waals surface area contributed by atoms with Gasteiger partial charge in [0.05, 0.1) is 17.7 Å². The van der Waals surface area contributed by atoms with Crippen molar-refractivity contribution in [2.45, 2.75) is 26.3 Å². The van der Waals surface area contributed by atoms with Crippen LogP contribution in [0.1, 0.15) is 25.6 Å². The fraction of sp³-hybridized carbons (Fsp3) is 0.267. The van der Waals surface area contributed by atoms with E-state index in [-0.39, 0.29) is 18.0 Å². The molecule has 5 nitrogen and oxygen atoms in total. The van der Waals surface area contributed by atoms with E-state index in [2.05, 4.69) is 4.98 Å². The van der Waals surface area contributed by atoms with Crippen molar-refractivity contribution in [1.29, 1.82) is 5.26 Å². The maximum atomic E-state index is 12.8. The lowest BCUT2D eigenvalue weighted by Crippen LogP contribution is -2.25. The van der Waals surface area contributed by atoms with Crippen molar-refractivity contribution in [3.8, 4) is 17.4 Å². The van der Waals surface area contributed by atoms with Crippen molar-refractivity contribution < 1.29 is 4.42 Å². The maximum Gasteiger partial charge on any atom is 0.263 e. The lowest BCUT2D eigenvalue weighted by atomic mass is 10.1. The second-order valence-corrected chi connectivity index (χ2v) is 5.84. The molecule has 0 bridgehead atoms. The standard InChI is InChI=1S/C15H13N3O2S/c1-9(2)13-17-14-12(15(19)18(13)6-5-16)10(8-21-14)11-4-3-7-20-11/h3-4,7-9H,6H2,1-2H3. The van der Waals surface area contributed by atoms with Gasteiger partial charge in [-0.1, -0.05) is 13.8 Å². The monoisotopic (exact) mass is 299 g/mol. The molecule has 0 saturated carbocycles. The minimum Gasteiger partial charge on any atom is -0.464 e. The Morgan fingerprint density at radius 2 is 2.33 bits per heavy atom. The van der Waals surface area contributed by atoms with Crippen LogP contribution in [0.25, 0.3) is 21.5 Å². The van der Waals surface area contributed by atoms with E-state index < -0.39 is 0 Å². The van der Waals surface area contributed by atoms with E-state index in [9.17, 15) is 4.79 Å². The van der Waals surface area contributed by atoms with E-state index in [0.29, 0.717) is 21.8 Å². The Balaban J connectivity index is 2.36. The largest absolute Gasteiger partial charge is 0.464 e. The summed E-state index contributed by atoms with van der Waals surface area (Å²) < 4.78 is 6.83. The van der Waals surface area contributed by atoms with Gasteiger partial charge in [0.25, 0.3) is 5.56 Å². The average molecular weight is 299 g/mol. The van der Waals surface area contributed by atoms with E-state index in [1.807, 2.05) is 31.4 Å². The molecule has 0 saturated heterocycles. The zero-order valence-electron chi connectivity index (χ0n) is 11.7. The van der Waals surface area contributed by atoms with Crippen molar-refractivity contribution in [2.24, 2.45) is 0 Å². The van der Waals surface area contributed by atoms with Gasteiger partial charge >= 0.3 is 0 Å². The Bertz CT molecular complexity index is 882. The molecule has 0 unspecified atom stereocenters. The SMILES string of the molecule is CC(C)c1nc2scc(-c3ccco3)c2c(=O)n1CC#N. The molecular weight excluding hydrogens is 286 g/mol. The molecular formula is C15H13N3O2S. The first-order valence-electron chi connectivity index (χ1n) is 6.56. The van der Waals surface area contributed by atoms with Crippen LogP contribution in [0.15, 0.2) is 33.0 Å². The summed E-state index contributed by atoms with van der Waals surface area (Å²) in [7, 11) is 0. The molecule has 3 aromatic heterocycles.